The SMILES string of the molecule is O=C(N[C@]1(C2(C(=O)O)CCC2)C[C@@H](n2cnc3c(NCC(c4ccccc4)c4ccccc4)nc(N[C@@H]4CCN(Cc5ccccc5)C4)nc32)[C@H](O)[C@@H]1O)C(F)(F)F. The third kappa shape index (κ3) is 7.24. The topological polar surface area (TPSA) is 178 Å². The number of aromatic nitrogens is 4. The van der Waals surface area contributed by atoms with Crippen molar-refractivity contribution in [1.29, 1.82) is 0 Å². The molecule has 304 valence electrons. The summed E-state index contributed by atoms with van der Waals surface area (Å²) < 4.78 is 42.8. The number of fused-ring (bicyclic) bond motifs is 1. The number of anilines is 2. The van der Waals surface area contributed by atoms with Crippen LogP contribution < -0.4 is 16.0 Å². The number of amides is 1. The van der Waals surface area contributed by atoms with Crippen molar-refractivity contribution < 1.29 is 38.1 Å². The highest BCUT2D eigenvalue weighted by Gasteiger charge is 2.70. The Morgan fingerprint density at radius 1 is 0.914 bits per heavy atom. The van der Waals surface area contributed by atoms with E-state index >= 15 is 0 Å². The minimum absolute atomic E-state index is 0.0371. The first-order valence-corrected chi connectivity index (χ1v) is 19.5. The molecule has 13 nitrogen and oxygen atoms in total. The van der Waals surface area contributed by atoms with Gasteiger partial charge in [0.15, 0.2) is 17.0 Å². The molecule has 1 amide bonds. The number of aliphatic carboxylic acids is 1. The number of carboxylic acid groups (broad SMARTS) is 1. The Kier molecular flexibility index (Phi) is 10.6. The fourth-order valence-corrected chi connectivity index (χ4v) is 9.18. The maximum absolute atomic E-state index is 13.8. The highest BCUT2D eigenvalue weighted by molar-refractivity contribution is 5.86. The summed E-state index contributed by atoms with van der Waals surface area (Å²) in [6, 6.07) is 28.8. The van der Waals surface area contributed by atoms with Crippen LogP contribution in [0.5, 0.6) is 0 Å². The molecule has 16 heteroatoms. The fraction of sp³-hybridized carbons (Fsp3) is 0.405. The molecule has 0 bridgehead atoms. The molecule has 58 heavy (non-hydrogen) atoms. The van der Waals surface area contributed by atoms with Gasteiger partial charge in [0.1, 0.15) is 12.2 Å². The lowest BCUT2D eigenvalue weighted by Gasteiger charge is -2.53. The molecule has 1 aliphatic heterocycles. The van der Waals surface area contributed by atoms with Gasteiger partial charge in [-0.3, -0.25) is 14.5 Å². The van der Waals surface area contributed by atoms with E-state index in [9.17, 15) is 38.1 Å². The van der Waals surface area contributed by atoms with Crippen molar-refractivity contribution in [2.24, 2.45) is 5.41 Å². The Labute approximate surface area is 332 Å². The average Bonchev–Trinajstić information content (AvgIpc) is 3.88. The molecule has 0 radical (unpaired) electrons. The number of aliphatic hydroxyl groups is 2. The van der Waals surface area contributed by atoms with Crippen molar-refractivity contribution in [1.82, 2.24) is 29.7 Å². The zero-order valence-electron chi connectivity index (χ0n) is 31.5. The Morgan fingerprint density at radius 3 is 2.14 bits per heavy atom. The first-order valence-electron chi connectivity index (χ1n) is 19.5. The van der Waals surface area contributed by atoms with Gasteiger partial charge in [-0.1, -0.05) is 97.4 Å². The third-order valence-electron chi connectivity index (χ3n) is 12.3. The van der Waals surface area contributed by atoms with E-state index in [-0.39, 0.29) is 41.9 Å². The van der Waals surface area contributed by atoms with Crippen molar-refractivity contribution in [3.8, 4) is 0 Å². The van der Waals surface area contributed by atoms with Crippen LogP contribution in [0.3, 0.4) is 0 Å². The Morgan fingerprint density at radius 2 is 1.55 bits per heavy atom. The quantitative estimate of drug-likeness (QED) is 0.0935. The van der Waals surface area contributed by atoms with E-state index in [0.29, 0.717) is 25.3 Å². The van der Waals surface area contributed by atoms with E-state index < -0.39 is 53.7 Å². The Bertz CT molecular complexity index is 2200. The van der Waals surface area contributed by atoms with Crippen LogP contribution in [0.15, 0.2) is 97.3 Å². The van der Waals surface area contributed by atoms with Crippen LogP contribution in [0, 0.1) is 5.41 Å². The highest BCUT2D eigenvalue weighted by Crippen LogP contribution is 2.58. The highest BCUT2D eigenvalue weighted by atomic mass is 19.4. The summed E-state index contributed by atoms with van der Waals surface area (Å²) in [6.07, 6.45) is -7.47. The summed E-state index contributed by atoms with van der Waals surface area (Å²) in [5.41, 5.74) is -0.517. The maximum Gasteiger partial charge on any atom is 0.471 e. The smallest absolute Gasteiger partial charge is 0.471 e. The number of imidazole rings is 1. The number of hydrogen-bond acceptors (Lipinski definition) is 10. The molecule has 3 aliphatic rings. The lowest BCUT2D eigenvalue weighted by Crippen LogP contribution is -2.71. The van der Waals surface area contributed by atoms with Gasteiger partial charge in [-0.25, -0.2) is 4.98 Å². The van der Waals surface area contributed by atoms with Gasteiger partial charge in [0.25, 0.3) is 0 Å². The summed E-state index contributed by atoms with van der Waals surface area (Å²) in [4.78, 5) is 42.0. The van der Waals surface area contributed by atoms with Gasteiger partial charge < -0.3 is 35.8 Å². The fourth-order valence-electron chi connectivity index (χ4n) is 9.18. The number of aliphatic hydroxyl groups excluding tert-OH is 2. The second kappa shape index (κ2) is 15.6. The number of carbonyl (C=O) groups excluding carboxylic acids is 1. The predicted molar refractivity (Wildman–Crippen MR) is 209 cm³/mol. The van der Waals surface area contributed by atoms with Gasteiger partial charge in [0.05, 0.1) is 23.3 Å². The number of hydrogen-bond donors (Lipinski definition) is 6. The standard InChI is InChI=1S/C42H45F3N8O5/c43-42(44,45)37(56)51-41(40(38(57)58)18-10-19-40)21-31(33(54)34(41)55)53-25-47-32-35(46-22-30(27-13-6-2-7-14-27)28-15-8-3-9-16-28)49-39(50-36(32)53)48-29-17-20-52(24-29)23-26-11-4-1-5-12-26/h1-9,11-16,25,29-31,33-34,54-55H,10,17-24H2,(H,51,56)(H,57,58)(H2,46,48,49,50)/t29-,31-,33+,34+,41-/m1/s1. The molecule has 3 heterocycles. The summed E-state index contributed by atoms with van der Waals surface area (Å²) in [5.74, 6) is -3.37. The average molecular weight is 799 g/mol. The van der Waals surface area contributed by atoms with Crippen LogP contribution in [-0.4, -0.2) is 101 Å². The number of nitrogens with zero attached hydrogens (tertiary/aromatic N) is 5. The van der Waals surface area contributed by atoms with Crippen LogP contribution in [0.4, 0.5) is 24.9 Å². The van der Waals surface area contributed by atoms with Gasteiger partial charge in [0.2, 0.25) is 5.95 Å². The molecule has 0 unspecified atom stereocenters. The zero-order chi connectivity index (χ0) is 40.7. The largest absolute Gasteiger partial charge is 0.481 e. The van der Waals surface area contributed by atoms with E-state index in [0.717, 1.165) is 30.6 Å². The molecule has 3 fully saturated rings. The second-order valence-electron chi connectivity index (χ2n) is 15.7. The van der Waals surface area contributed by atoms with Gasteiger partial charge in [-0.15, -0.1) is 0 Å². The number of alkyl halides is 3. The summed E-state index contributed by atoms with van der Waals surface area (Å²) in [6.45, 7) is 2.69. The van der Waals surface area contributed by atoms with Crippen molar-refractivity contribution in [3.63, 3.8) is 0 Å². The minimum atomic E-state index is -5.37. The molecule has 1 saturated heterocycles. The number of carboxylic acids is 1. The van der Waals surface area contributed by atoms with Crippen molar-refractivity contribution in [3.05, 3.63) is 114 Å². The van der Waals surface area contributed by atoms with Crippen LogP contribution in [0.1, 0.15) is 60.8 Å². The number of rotatable bonds is 13. The number of likely N-dealkylation sites (tertiary alicyclic amines) is 1. The number of benzene rings is 3. The predicted octanol–water partition coefficient (Wildman–Crippen LogP) is 5.10. The molecule has 2 aliphatic carbocycles. The van der Waals surface area contributed by atoms with Crippen LogP contribution in [0.25, 0.3) is 11.2 Å². The van der Waals surface area contributed by atoms with E-state index in [4.69, 9.17) is 9.97 Å². The monoisotopic (exact) mass is 798 g/mol. The number of nitrogens with one attached hydrogen (secondary N) is 3. The molecule has 3 aromatic carbocycles. The van der Waals surface area contributed by atoms with Gasteiger partial charge >= 0.3 is 18.1 Å². The normalized spacial score (nSPS) is 24.4. The van der Waals surface area contributed by atoms with Crippen LogP contribution in [-0.2, 0) is 16.1 Å². The van der Waals surface area contributed by atoms with Gasteiger partial charge in [-0.2, -0.15) is 23.1 Å². The van der Waals surface area contributed by atoms with E-state index in [1.54, 1.807) is 0 Å². The molecule has 0 spiro atoms. The minimum Gasteiger partial charge on any atom is -0.481 e. The van der Waals surface area contributed by atoms with Gasteiger partial charge in [-0.05, 0) is 42.4 Å². The maximum atomic E-state index is 13.8. The van der Waals surface area contributed by atoms with Gasteiger partial charge in [0, 0.05) is 38.1 Å². The first-order chi connectivity index (χ1) is 27.9. The van der Waals surface area contributed by atoms with Crippen molar-refractivity contribution in [2.45, 2.75) is 80.6 Å². The molecule has 8 rings (SSSR count). The van der Waals surface area contributed by atoms with Crippen LogP contribution >= 0.6 is 0 Å². The lowest BCUT2D eigenvalue weighted by atomic mass is 9.55. The number of carbonyl (C=O) groups is 2. The summed E-state index contributed by atoms with van der Waals surface area (Å²) >= 11 is 0. The molecule has 5 atom stereocenters. The molecule has 2 aromatic heterocycles. The summed E-state index contributed by atoms with van der Waals surface area (Å²) in [7, 11) is 0. The number of halogens is 3. The van der Waals surface area contributed by atoms with Crippen molar-refractivity contribution >= 4 is 34.8 Å². The first kappa shape index (κ1) is 39.3. The second-order valence-corrected chi connectivity index (χ2v) is 15.7. The lowest BCUT2D eigenvalue weighted by molar-refractivity contribution is -0.188. The third-order valence-corrected chi connectivity index (χ3v) is 12.3. The van der Waals surface area contributed by atoms with Crippen molar-refractivity contribution in [2.75, 3.05) is 30.3 Å². The van der Waals surface area contributed by atoms with E-state index in [1.165, 1.54) is 16.5 Å². The molecule has 6 N–H and O–H groups in total. The van der Waals surface area contributed by atoms with E-state index in [1.807, 2.05) is 84.2 Å². The zero-order valence-corrected chi connectivity index (χ0v) is 31.5. The summed E-state index contributed by atoms with van der Waals surface area (Å²) in [5, 5.41) is 42.5. The van der Waals surface area contributed by atoms with E-state index in [2.05, 4.69) is 32.7 Å². The molecular formula is C42H45F3N8O5. The molecular weight excluding hydrogens is 754 g/mol. The molecule has 5 aromatic rings. The van der Waals surface area contributed by atoms with Crippen LogP contribution in [0.2, 0.25) is 0 Å². The molecule has 2 saturated carbocycles. The Balaban J connectivity index is 1.16. The Hall–Kier alpha value is -5.58.